The van der Waals surface area contributed by atoms with Gasteiger partial charge in [0.1, 0.15) is 5.84 Å². The molecule has 1 aromatic heterocycles. The highest BCUT2D eigenvalue weighted by molar-refractivity contribution is 5.97. The van der Waals surface area contributed by atoms with Gasteiger partial charge in [0.15, 0.2) is 0 Å². The van der Waals surface area contributed by atoms with Gasteiger partial charge in [0.25, 0.3) is 0 Å². The molecular formula is C12H15N5. The Bertz CT molecular complexity index is 461. The van der Waals surface area contributed by atoms with Gasteiger partial charge in [-0.05, 0) is 6.42 Å². The van der Waals surface area contributed by atoms with Crippen LogP contribution in [0.3, 0.4) is 0 Å². The number of aryl methyl sites for hydroxylation is 1. The van der Waals surface area contributed by atoms with Crippen LogP contribution in [0.15, 0.2) is 47.7 Å². The molecule has 2 rings (SSSR count). The maximum atomic E-state index is 5.87. The molecule has 1 aromatic carbocycles. The highest BCUT2D eigenvalue weighted by atomic mass is 15.4. The lowest BCUT2D eigenvalue weighted by Gasteiger charge is -2.01. The fourth-order valence-electron chi connectivity index (χ4n) is 1.48. The number of amidine groups is 1. The van der Waals surface area contributed by atoms with Crippen LogP contribution in [0.25, 0.3) is 0 Å². The summed E-state index contributed by atoms with van der Waals surface area (Å²) in [5, 5.41) is 7.61. The van der Waals surface area contributed by atoms with Crippen molar-refractivity contribution in [1.82, 2.24) is 15.0 Å². The number of hydrogen-bond acceptors (Lipinski definition) is 3. The normalized spacial score (nSPS) is 11.6. The maximum Gasteiger partial charge on any atom is 0.125 e. The van der Waals surface area contributed by atoms with Crippen LogP contribution in [-0.4, -0.2) is 27.4 Å². The van der Waals surface area contributed by atoms with Gasteiger partial charge in [-0.2, -0.15) is 0 Å². The minimum absolute atomic E-state index is 0.587. The van der Waals surface area contributed by atoms with E-state index in [0.717, 1.165) is 18.5 Å². The molecule has 0 aliphatic rings. The van der Waals surface area contributed by atoms with E-state index in [4.69, 9.17) is 5.73 Å². The van der Waals surface area contributed by atoms with Gasteiger partial charge in [0, 0.05) is 24.8 Å². The molecule has 0 bridgehead atoms. The fraction of sp³-hybridized carbons (Fsp3) is 0.250. The molecule has 5 nitrogen and oxygen atoms in total. The topological polar surface area (TPSA) is 69.1 Å². The second-order valence-corrected chi connectivity index (χ2v) is 3.65. The lowest BCUT2D eigenvalue weighted by atomic mass is 10.2. The molecule has 0 radical (unpaired) electrons. The van der Waals surface area contributed by atoms with Crippen molar-refractivity contribution in [1.29, 1.82) is 0 Å². The lowest BCUT2D eigenvalue weighted by molar-refractivity contribution is 0.564. The van der Waals surface area contributed by atoms with Crippen molar-refractivity contribution in [3.05, 3.63) is 48.3 Å². The molecule has 0 aliphatic carbocycles. The molecule has 1 heterocycles. The third kappa shape index (κ3) is 3.41. The van der Waals surface area contributed by atoms with Gasteiger partial charge in [0.2, 0.25) is 0 Å². The van der Waals surface area contributed by atoms with Gasteiger partial charge in [-0.25, -0.2) is 0 Å². The molecule has 0 saturated heterocycles. The van der Waals surface area contributed by atoms with Crippen molar-refractivity contribution < 1.29 is 0 Å². The van der Waals surface area contributed by atoms with Crippen molar-refractivity contribution in [2.75, 3.05) is 6.54 Å². The Morgan fingerprint density at radius 1 is 1.29 bits per heavy atom. The molecule has 2 aromatic rings. The number of aromatic nitrogens is 3. The van der Waals surface area contributed by atoms with Crippen LogP contribution >= 0.6 is 0 Å². The summed E-state index contributed by atoms with van der Waals surface area (Å²) in [4.78, 5) is 4.33. The Kier molecular flexibility index (Phi) is 3.85. The van der Waals surface area contributed by atoms with Crippen molar-refractivity contribution >= 4 is 5.84 Å². The summed E-state index contributed by atoms with van der Waals surface area (Å²) < 4.78 is 1.79. The standard InChI is InChI=1S/C12H15N5/c13-12(11-5-2-1-3-6-11)14-7-4-9-17-10-8-15-16-17/h1-3,5-6,8,10H,4,7,9H2,(H2,13,14). The van der Waals surface area contributed by atoms with Crippen LogP contribution in [0.5, 0.6) is 0 Å². The van der Waals surface area contributed by atoms with Crippen molar-refractivity contribution in [2.24, 2.45) is 10.7 Å². The predicted molar refractivity (Wildman–Crippen MR) is 66.7 cm³/mol. The van der Waals surface area contributed by atoms with E-state index >= 15 is 0 Å². The minimum Gasteiger partial charge on any atom is -0.384 e. The summed E-state index contributed by atoms with van der Waals surface area (Å²) in [6.07, 6.45) is 4.41. The van der Waals surface area contributed by atoms with E-state index in [2.05, 4.69) is 15.3 Å². The van der Waals surface area contributed by atoms with Gasteiger partial charge < -0.3 is 5.73 Å². The third-order valence-corrected chi connectivity index (χ3v) is 2.37. The van der Waals surface area contributed by atoms with Crippen LogP contribution in [0.1, 0.15) is 12.0 Å². The van der Waals surface area contributed by atoms with Gasteiger partial charge in [-0.3, -0.25) is 9.67 Å². The van der Waals surface area contributed by atoms with E-state index < -0.39 is 0 Å². The van der Waals surface area contributed by atoms with Gasteiger partial charge in [0.05, 0.1) is 6.20 Å². The van der Waals surface area contributed by atoms with Crippen LogP contribution in [0.4, 0.5) is 0 Å². The number of benzene rings is 1. The lowest BCUT2D eigenvalue weighted by Crippen LogP contribution is -2.14. The van der Waals surface area contributed by atoms with Crippen LogP contribution in [-0.2, 0) is 6.54 Å². The second kappa shape index (κ2) is 5.79. The summed E-state index contributed by atoms with van der Waals surface area (Å²) >= 11 is 0. The SMILES string of the molecule is NC(=NCCCn1ccnn1)c1ccccc1. The Morgan fingerprint density at radius 2 is 2.12 bits per heavy atom. The predicted octanol–water partition coefficient (Wildman–Crippen LogP) is 1.07. The van der Waals surface area contributed by atoms with Gasteiger partial charge in [-0.15, -0.1) is 5.10 Å². The van der Waals surface area contributed by atoms with E-state index in [9.17, 15) is 0 Å². The average Bonchev–Trinajstić information content (AvgIpc) is 2.88. The number of rotatable bonds is 5. The first kappa shape index (κ1) is 11.3. The van der Waals surface area contributed by atoms with Gasteiger partial charge >= 0.3 is 0 Å². The molecule has 0 spiro atoms. The van der Waals surface area contributed by atoms with Crippen molar-refractivity contribution in [3.8, 4) is 0 Å². The zero-order valence-electron chi connectivity index (χ0n) is 9.53. The number of nitrogens with zero attached hydrogens (tertiary/aromatic N) is 4. The molecule has 2 N–H and O–H groups in total. The first-order valence-corrected chi connectivity index (χ1v) is 5.56. The van der Waals surface area contributed by atoms with Gasteiger partial charge in [-0.1, -0.05) is 35.5 Å². The zero-order chi connectivity index (χ0) is 11.9. The van der Waals surface area contributed by atoms with E-state index in [1.807, 2.05) is 36.5 Å². The molecule has 88 valence electrons. The Morgan fingerprint density at radius 3 is 2.82 bits per heavy atom. The Balaban J connectivity index is 1.81. The molecule has 5 heteroatoms. The quantitative estimate of drug-likeness (QED) is 0.473. The minimum atomic E-state index is 0.587. The Hall–Kier alpha value is -2.17. The summed E-state index contributed by atoms with van der Waals surface area (Å²) in [5.74, 6) is 0.587. The van der Waals surface area contributed by atoms with E-state index in [0.29, 0.717) is 12.4 Å². The largest absolute Gasteiger partial charge is 0.384 e. The molecular weight excluding hydrogens is 214 g/mol. The number of aliphatic imine (C=N–C) groups is 1. The van der Waals surface area contributed by atoms with Crippen molar-refractivity contribution in [3.63, 3.8) is 0 Å². The van der Waals surface area contributed by atoms with Crippen LogP contribution in [0, 0.1) is 0 Å². The summed E-state index contributed by atoms with van der Waals surface area (Å²) in [7, 11) is 0. The van der Waals surface area contributed by atoms with E-state index in [1.54, 1.807) is 10.9 Å². The molecule has 17 heavy (non-hydrogen) atoms. The number of nitrogens with two attached hydrogens (primary N) is 1. The maximum absolute atomic E-state index is 5.87. The van der Waals surface area contributed by atoms with Crippen molar-refractivity contribution in [2.45, 2.75) is 13.0 Å². The zero-order valence-corrected chi connectivity index (χ0v) is 9.53. The second-order valence-electron chi connectivity index (χ2n) is 3.65. The van der Waals surface area contributed by atoms with Crippen LogP contribution < -0.4 is 5.73 Å². The Labute approximate surface area is 100.0 Å². The summed E-state index contributed by atoms with van der Waals surface area (Å²) in [5.41, 5.74) is 6.84. The fourth-order valence-corrected chi connectivity index (χ4v) is 1.48. The molecule has 0 saturated carbocycles. The molecule has 0 amide bonds. The van der Waals surface area contributed by atoms with E-state index in [1.165, 1.54) is 0 Å². The molecule has 0 unspecified atom stereocenters. The van der Waals surface area contributed by atoms with Crippen LogP contribution in [0.2, 0.25) is 0 Å². The molecule has 0 fully saturated rings. The molecule has 0 aliphatic heterocycles. The highest BCUT2D eigenvalue weighted by Gasteiger charge is 1.96. The summed E-state index contributed by atoms with van der Waals surface area (Å²) in [6, 6.07) is 9.77. The smallest absolute Gasteiger partial charge is 0.125 e. The molecule has 0 atom stereocenters. The van der Waals surface area contributed by atoms with E-state index in [-0.39, 0.29) is 0 Å². The monoisotopic (exact) mass is 229 g/mol. The third-order valence-electron chi connectivity index (χ3n) is 2.37. The number of hydrogen-bond donors (Lipinski definition) is 1. The first-order valence-electron chi connectivity index (χ1n) is 5.56. The average molecular weight is 229 g/mol. The highest BCUT2D eigenvalue weighted by Crippen LogP contribution is 1.98. The summed E-state index contributed by atoms with van der Waals surface area (Å²) in [6.45, 7) is 1.51. The first-order chi connectivity index (χ1) is 8.36.